The summed E-state index contributed by atoms with van der Waals surface area (Å²) < 4.78 is 0.916. The lowest BCUT2D eigenvalue weighted by Gasteiger charge is -2.09. The Hall–Kier alpha value is -0.450. The summed E-state index contributed by atoms with van der Waals surface area (Å²) in [6, 6.07) is 1.94. The molecule has 3 nitrogen and oxygen atoms in total. The molecule has 0 bridgehead atoms. The lowest BCUT2D eigenvalue weighted by Crippen LogP contribution is -2.14. The molecule has 1 heterocycles. The minimum atomic E-state index is -0.0869. The molecule has 0 spiro atoms. The summed E-state index contributed by atoms with van der Waals surface area (Å²) in [7, 11) is 0. The van der Waals surface area contributed by atoms with E-state index >= 15 is 0 Å². The van der Waals surface area contributed by atoms with Gasteiger partial charge in [-0.3, -0.25) is 4.98 Å². The van der Waals surface area contributed by atoms with Crippen LogP contribution in [0.2, 0.25) is 0 Å². The van der Waals surface area contributed by atoms with E-state index in [1.807, 2.05) is 6.07 Å². The Labute approximate surface area is 85.6 Å². The van der Waals surface area contributed by atoms with Gasteiger partial charge in [-0.1, -0.05) is 0 Å². The van der Waals surface area contributed by atoms with Crippen LogP contribution in [0.25, 0.3) is 0 Å². The molecule has 13 heavy (non-hydrogen) atoms. The molecule has 4 heteroatoms. The van der Waals surface area contributed by atoms with Crippen molar-refractivity contribution in [3.05, 3.63) is 28.5 Å². The first kappa shape index (κ1) is 10.6. The van der Waals surface area contributed by atoms with Gasteiger partial charge in [-0.25, -0.2) is 0 Å². The molecular weight excluding hydrogens is 234 g/mol. The fourth-order valence-corrected chi connectivity index (χ4v) is 1.50. The zero-order chi connectivity index (χ0) is 9.68. The van der Waals surface area contributed by atoms with Crippen LogP contribution in [0.3, 0.4) is 0 Å². The number of halogens is 1. The number of aromatic nitrogens is 1. The topological polar surface area (TPSA) is 53.4 Å². The Morgan fingerprint density at radius 3 is 2.54 bits per heavy atom. The SMILES string of the molecule is OCC(CO)Cc1cncc(Br)c1. The molecule has 0 saturated carbocycles. The number of aliphatic hydroxyl groups excluding tert-OH is 2. The van der Waals surface area contributed by atoms with E-state index in [1.54, 1.807) is 12.4 Å². The first-order valence-corrected chi connectivity index (χ1v) is 4.86. The van der Waals surface area contributed by atoms with Crippen molar-refractivity contribution in [1.29, 1.82) is 0 Å². The summed E-state index contributed by atoms with van der Waals surface area (Å²) in [6.45, 7) is 0.00598. The molecule has 0 amide bonds. The molecule has 0 radical (unpaired) electrons. The Morgan fingerprint density at radius 1 is 1.31 bits per heavy atom. The molecule has 0 unspecified atom stereocenters. The Morgan fingerprint density at radius 2 is 2.00 bits per heavy atom. The molecular formula is C9H12BrNO2. The third kappa shape index (κ3) is 3.42. The van der Waals surface area contributed by atoms with Crippen LogP contribution in [-0.4, -0.2) is 28.4 Å². The van der Waals surface area contributed by atoms with E-state index in [2.05, 4.69) is 20.9 Å². The van der Waals surface area contributed by atoms with E-state index in [0.717, 1.165) is 10.0 Å². The molecule has 2 N–H and O–H groups in total. The van der Waals surface area contributed by atoms with Gasteiger partial charge in [0.1, 0.15) is 0 Å². The summed E-state index contributed by atoms with van der Waals surface area (Å²) >= 11 is 3.31. The van der Waals surface area contributed by atoms with Gasteiger partial charge in [0.15, 0.2) is 0 Å². The number of nitrogens with zero attached hydrogens (tertiary/aromatic N) is 1. The van der Waals surface area contributed by atoms with Gasteiger partial charge >= 0.3 is 0 Å². The first-order chi connectivity index (χ1) is 6.26. The van der Waals surface area contributed by atoms with Crippen molar-refractivity contribution in [2.45, 2.75) is 6.42 Å². The van der Waals surface area contributed by atoms with Crippen molar-refractivity contribution in [2.75, 3.05) is 13.2 Å². The maximum Gasteiger partial charge on any atom is 0.0484 e. The highest BCUT2D eigenvalue weighted by Crippen LogP contribution is 2.13. The van der Waals surface area contributed by atoms with Gasteiger partial charge in [0.05, 0.1) is 0 Å². The van der Waals surface area contributed by atoms with Gasteiger partial charge in [0.2, 0.25) is 0 Å². The summed E-state index contributed by atoms with van der Waals surface area (Å²) in [5, 5.41) is 17.7. The monoisotopic (exact) mass is 245 g/mol. The average Bonchev–Trinajstić information content (AvgIpc) is 2.14. The third-order valence-corrected chi connectivity index (χ3v) is 2.24. The molecule has 1 rings (SSSR count). The molecule has 0 aliphatic heterocycles. The van der Waals surface area contributed by atoms with Crippen molar-refractivity contribution >= 4 is 15.9 Å². The Kier molecular flexibility index (Phi) is 4.35. The van der Waals surface area contributed by atoms with E-state index in [1.165, 1.54) is 0 Å². The number of hydrogen-bond acceptors (Lipinski definition) is 3. The van der Waals surface area contributed by atoms with Crippen LogP contribution in [0.4, 0.5) is 0 Å². The minimum Gasteiger partial charge on any atom is -0.396 e. The Balaban J connectivity index is 2.62. The maximum absolute atomic E-state index is 8.86. The van der Waals surface area contributed by atoms with E-state index in [0.29, 0.717) is 6.42 Å². The number of hydrogen-bond donors (Lipinski definition) is 2. The van der Waals surface area contributed by atoms with Gasteiger partial charge < -0.3 is 10.2 Å². The van der Waals surface area contributed by atoms with Crippen molar-refractivity contribution in [3.63, 3.8) is 0 Å². The van der Waals surface area contributed by atoms with Crippen LogP contribution in [0.15, 0.2) is 22.9 Å². The zero-order valence-corrected chi connectivity index (χ0v) is 8.74. The normalized spacial score (nSPS) is 10.8. The largest absolute Gasteiger partial charge is 0.396 e. The fraction of sp³-hybridized carbons (Fsp3) is 0.444. The predicted molar refractivity (Wildman–Crippen MR) is 53.3 cm³/mol. The van der Waals surface area contributed by atoms with Crippen molar-refractivity contribution < 1.29 is 10.2 Å². The fourth-order valence-electron chi connectivity index (χ4n) is 1.09. The maximum atomic E-state index is 8.86. The average molecular weight is 246 g/mol. The molecule has 1 aromatic heterocycles. The van der Waals surface area contributed by atoms with Crippen molar-refractivity contribution in [1.82, 2.24) is 4.98 Å². The second-order valence-corrected chi connectivity index (χ2v) is 3.86. The smallest absolute Gasteiger partial charge is 0.0484 e. The molecule has 0 aliphatic rings. The molecule has 0 fully saturated rings. The van der Waals surface area contributed by atoms with Crippen LogP contribution in [0.1, 0.15) is 5.56 Å². The first-order valence-electron chi connectivity index (χ1n) is 4.07. The lowest BCUT2D eigenvalue weighted by atomic mass is 10.0. The van der Waals surface area contributed by atoms with Gasteiger partial charge in [-0.15, -0.1) is 0 Å². The quantitative estimate of drug-likeness (QED) is 0.832. The van der Waals surface area contributed by atoms with Crippen LogP contribution in [0.5, 0.6) is 0 Å². The highest BCUT2D eigenvalue weighted by atomic mass is 79.9. The van der Waals surface area contributed by atoms with Crippen LogP contribution in [0, 0.1) is 5.92 Å². The van der Waals surface area contributed by atoms with Crippen LogP contribution < -0.4 is 0 Å². The summed E-state index contributed by atoms with van der Waals surface area (Å²) in [6.07, 6.45) is 4.10. The van der Waals surface area contributed by atoms with Gasteiger partial charge in [0, 0.05) is 36.0 Å². The highest BCUT2D eigenvalue weighted by Gasteiger charge is 2.07. The summed E-state index contributed by atoms with van der Waals surface area (Å²) in [5.74, 6) is -0.0869. The van der Waals surface area contributed by atoms with Crippen LogP contribution in [-0.2, 0) is 6.42 Å². The van der Waals surface area contributed by atoms with Crippen molar-refractivity contribution in [2.24, 2.45) is 5.92 Å². The van der Waals surface area contributed by atoms with E-state index < -0.39 is 0 Å². The second kappa shape index (κ2) is 5.32. The number of rotatable bonds is 4. The van der Waals surface area contributed by atoms with E-state index in [9.17, 15) is 0 Å². The molecule has 0 aliphatic carbocycles. The molecule has 0 aromatic carbocycles. The molecule has 0 atom stereocenters. The zero-order valence-electron chi connectivity index (χ0n) is 7.15. The summed E-state index contributed by atoms with van der Waals surface area (Å²) in [4.78, 5) is 4.00. The van der Waals surface area contributed by atoms with Gasteiger partial charge in [0.25, 0.3) is 0 Å². The standard InChI is InChI=1S/C9H12BrNO2/c10-9-2-7(3-11-4-9)1-8(5-12)6-13/h2-4,8,12-13H,1,5-6H2. The van der Waals surface area contributed by atoms with Gasteiger partial charge in [-0.05, 0) is 34.0 Å². The van der Waals surface area contributed by atoms with Crippen molar-refractivity contribution in [3.8, 4) is 0 Å². The molecule has 72 valence electrons. The van der Waals surface area contributed by atoms with E-state index in [-0.39, 0.29) is 19.1 Å². The van der Waals surface area contributed by atoms with Gasteiger partial charge in [-0.2, -0.15) is 0 Å². The predicted octanol–water partition coefficient (Wildman–Crippen LogP) is 0.987. The minimum absolute atomic E-state index is 0.00299. The van der Waals surface area contributed by atoms with Crippen LogP contribution >= 0.6 is 15.9 Å². The lowest BCUT2D eigenvalue weighted by molar-refractivity contribution is 0.150. The van der Waals surface area contributed by atoms with E-state index in [4.69, 9.17) is 10.2 Å². The number of aliphatic hydroxyl groups is 2. The molecule has 1 aromatic rings. The summed E-state index contributed by atoms with van der Waals surface area (Å²) in [5.41, 5.74) is 1.02. The second-order valence-electron chi connectivity index (χ2n) is 2.95. The third-order valence-electron chi connectivity index (χ3n) is 1.80. The highest BCUT2D eigenvalue weighted by molar-refractivity contribution is 9.10. The molecule has 0 saturated heterocycles. The number of pyridine rings is 1. The Bertz CT molecular complexity index is 264.